The zero-order chi connectivity index (χ0) is 16.4. The molecule has 124 valence electrons. The van der Waals surface area contributed by atoms with Crippen LogP contribution in [0.3, 0.4) is 0 Å². The Morgan fingerprint density at radius 2 is 2.13 bits per heavy atom. The fraction of sp³-hybridized carbons (Fsp3) is 0.529. The molecule has 1 aromatic carbocycles. The SMILES string of the molecule is CC1c2ccc(C(=O)O)cc2OCCN1C(=O)C1CCCOC1. The maximum atomic E-state index is 12.8. The summed E-state index contributed by atoms with van der Waals surface area (Å²) < 4.78 is 11.1. The van der Waals surface area contributed by atoms with Crippen LogP contribution in [0.15, 0.2) is 18.2 Å². The van der Waals surface area contributed by atoms with Gasteiger partial charge in [0.05, 0.1) is 30.7 Å². The van der Waals surface area contributed by atoms with E-state index in [9.17, 15) is 9.59 Å². The van der Waals surface area contributed by atoms with Crippen molar-refractivity contribution < 1.29 is 24.2 Å². The smallest absolute Gasteiger partial charge is 0.335 e. The first-order chi connectivity index (χ1) is 11.1. The average Bonchev–Trinajstić information content (AvgIpc) is 2.73. The van der Waals surface area contributed by atoms with Gasteiger partial charge in [-0.25, -0.2) is 4.79 Å². The molecule has 6 nitrogen and oxygen atoms in total. The normalized spacial score (nSPS) is 24.3. The van der Waals surface area contributed by atoms with E-state index in [0.717, 1.165) is 25.0 Å². The molecule has 0 spiro atoms. The monoisotopic (exact) mass is 319 g/mol. The number of rotatable bonds is 2. The van der Waals surface area contributed by atoms with E-state index in [-0.39, 0.29) is 23.4 Å². The number of amides is 1. The molecule has 6 heteroatoms. The highest BCUT2D eigenvalue weighted by Gasteiger charge is 2.32. The molecule has 0 radical (unpaired) electrons. The number of carboxylic acids is 1. The molecule has 1 amide bonds. The van der Waals surface area contributed by atoms with Crippen molar-refractivity contribution in [1.29, 1.82) is 0 Å². The van der Waals surface area contributed by atoms with Crippen LogP contribution in [0.4, 0.5) is 0 Å². The van der Waals surface area contributed by atoms with Gasteiger partial charge in [0.2, 0.25) is 5.91 Å². The van der Waals surface area contributed by atoms with Crippen LogP contribution in [0.2, 0.25) is 0 Å². The van der Waals surface area contributed by atoms with E-state index in [1.54, 1.807) is 12.1 Å². The summed E-state index contributed by atoms with van der Waals surface area (Å²) >= 11 is 0. The summed E-state index contributed by atoms with van der Waals surface area (Å²) in [5.74, 6) is -0.435. The Kier molecular flexibility index (Phi) is 4.52. The van der Waals surface area contributed by atoms with Crippen LogP contribution in [0.5, 0.6) is 5.75 Å². The summed E-state index contributed by atoms with van der Waals surface area (Å²) in [6.45, 7) is 4.01. The van der Waals surface area contributed by atoms with Crippen molar-refractivity contribution in [3.05, 3.63) is 29.3 Å². The van der Waals surface area contributed by atoms with E-state index in [4.69, 9.17) is 14.6 Å². The van der Waals surface area contributed by atoms with Gasteiger partial charge in [0.25, 0.3) is 0 Å². The standard InChI is InChI=1S/C17H21NO5/c1-11-14-5-4-12(17(20)21)9-15(14)23-8-6-18(11)16(19)13-3-2-7-22-10-13/h4-5,9,11,13H,2-3,6-8,10H2,1H3,(H,20,21). The third-order valence-electron chi connectivity index (χ3n) is 4.56. The molecule has 23 heavy (non-hydrogen) atoms. The minimum Gasteiger partial charge on any atom is -0.491 e. The van der Waals surface area contributed by atoms with Gasteiger partial charge in [0, 0.05) is 12.2 Å². The van der Waals surface area contributed by atoms with Crippen molar-refractivity contribution in [3.8, 4) is 5.75 Å². The third-order valence-corrected chi connectivity index (χ3v) is 4.56. The third kappa shape index (κ3) is 3.17. The molecule has 2 aliphatic heterocycles. The number of hydrogen-bond donors (Lipinski definition) is 1. The molecular formula is C17H21NO5. The van der Waals surface area contributed by atoms with Gasteiger partial charge in [-0.15, -0.1) is 0 Å². The number of benzene rings is 1. The summed E-state index contributed by atoms with van der Waals surface area (Å²) in [7, 11) is 0. The average molecular weight is 319 g/mol. The van der Waals surface area contributed by atoms with Crippen LogP contribution in [-0.2, 0) is 9.53 Å². The van der Waals surface area contributed by atoms with Crippen molar-refractivity contribution in [2.24, 2.45) is 5.92 Å². The second kappa shape index (κ2) is 6.58. The molecule has 0 saturated carbocycles. The number of aromatic carboxylic acids is 1. The Morgan fingerprint density at radius 1 is 1.30 bits per heavy atom. The maximum absolute atomic E-state index is 12.8. The summed E-state index contributed by atoms with van der Waals surface area (Å²) in [6.07, 6.45) is 1.77. The Bertz CT molecular complexity index is 609. The van der Waals surface area contributed by atoms with Crippen molar-refractivity contribution in [2.75, 3.05) is 26.4 Å². The number of carbonyl (C=O) groups excluding carboxylic acids is 1. The number of ether oxygens (including phenoxy) is 2. The predicted molar refractivity (Wildman–Crippen MR) is 82.6 cm³/mol. The highest BCUT2D eigenvalue weighted by molar-refractivity contribution is 5.88. The molecular weight excluding hydrogens is 298 g/mol. The predicted octanol–water partition coefficient (Wildman–Crippen LogP) is 2.09. The lowest BCUT2D eigenvalue weighted by atomic mass is 9.98. The van der Waals surface area contributed by atoms with Crippen LogP contribution in [-0.4, -0.2) is 48.2 Å². The van der Waals surface area contributed by atoms with Gasteiger partial charge >= 0.3 is 5.97 Å². The molecule has 2 heterocycles. The molecule has 1 saturated heterocycles. The van der Waals surface area contributed by atoms with E-state index in [1.807, 2.05) is 11.8 Å². The second-order valence-corrected chi connectivity index (χ2v) is 6.03. The van der Waals surface area contributed by atoms with E-state index in [0.29, 0.717) is 25.5 Å². The van der Waals surface area contributed by atoms with Gasteiger partial charge in [-0.05, 0) is 31.9 Å². The zero-order valence-corrected chi connectivity index (χ0v) is 13.2. The summed E-state index contributed by atoms with van der Waals surface area (Å²) in [4.78, 5) is 25.7. The maximum Gasteiger partial charge on any atom is 0.335 e. The molecule has 1 N–H and O–H groups in total. The molecule has 0 aliphatic carbocycles. The number of carboxylic acid groups (broad SMARTS) is 1. The Morgan fingerprint density at radius 3 is 2.83 bits per heavy atom. The van der Waals surface area contributed by atoms with Crippen LogP contribution in [0.1, 0.15) is 41.7 Å². The molecule has 1 aromatic rings. The Labute approximate surface area is 135 Å². The molecule has 0 bridgehead atoms. The number of carbonyl (C=O) groups is 2. The van der Waals surface area contributed by atoms with Crippen LogP contribution >= 0.6 is 0 Å². The molecule has 1 fully saturated rings. The first-order valence-electron chi connectivity index (χ1n) is 7.96. The van der Waals surface area contributed by atoms with Crippen molar-refractivity contribution in [2.45, 2.75) is 25.8 Å². The lowest BCUT2D eigenvalue weighted by Crippen LogP contribution is -2.41. The molecule has 3 rings (SSSR count). The summed E-state index contributed by atoms with van der Waals surface area (Å²) in [5.41, 5.74) is 1.04. The quantitative estimate of drug-likeness (QED) is 0.903. The fourth-order valence-corrected chi connectivity index (χ4v) is 3.22. The van der Waals surface area contributed by atoms with Gasteiger partial charge < -0.3 is 19.5 Å². The van der Waals surface area contributed by atoms with Gasteiger partial charge in [-0.2, -0.15) is 0 Å². The van der Waals surface area contributed by atoms with Crippen LogP contribution in [0, 0.1) is 5.92 Å². The van der Waals surface area contributed by atoms with Crippen molar-refractivity contribution >= 4 is 11.9 Å². The second-order valence-electron chi connectivity index (χ2n) is 6.03. The summed E-state index contributed by atoms with van der Waals surface area (Å²) in [6, 6.07) is 4.68. The summed E-state index contributed by atoms with van der Waals surface area (Å²) in [5, 5.41) is 9.10. The van der Waals surface area contributed by atoms with Crippen molar-refractivity contribution in [3.63, 3.8) is 0 Å². The zero-order valence-electron chi connectivity index (χ0n) is 13.2. The molecule has 0 aromatic heterocycles. The first kappa shape index (κ1) is 15.8. The highest BCUT2D eigenvalue weighted by Crippen LogP contribution is 2.34. The fourth-order valence-electron chi connectivity index (χ4n) is 3.22. The minimum atomic E-state index is -0.986. The van der Waals surface area contributed by atoms with Gasteiger partial charge in [-0.3, -0.25) is 4.79 Å². The van der Waals surface area contributed by atoms with E-state index in [1.165, 1.54) is 6.07 Å². The molecule has 2 atom stereocenters. The van der Waals surface area contributed by atoms with Crippen LogP contribution < -0.4 is 4.74 Å². The minimum absolute atomic E-state index is 0.0916. The number of hydrogen-bond acceptors (Lipinski definition) is 4. The number of fused-ring (bicyclic) bond motifs is 1. The Balaban J connectivity index is 1.84. The van der Waals surface area contributed by atoms with Gasteiger partial charge in [0.1, 0.15) is 12.4 Å². The van der Waals surface area contributed by atoms with Gasteiger partial charge in [0.15, 0.2) is 0 Å². The van der Waals surface area contributed by atoms with Crippen LogP contribution in [0.25, 0.3) is 0 Å². The Hall–Kier alpha value is -2.08. The topological polar surface area (TPSA) is 76.1 Å². The van der Waals surface area contributed by atoms with Gasteiger partial charge in [-0.1, -0.05) is 6.07 Å². The van der Waals surface area contributed by atoms with E-state index < -0.39 is 5.97 Å². The molecule has 2 unspecified atom stereocenters. The number of nitrogens with zero attached hydrogens (tertiary/aromatic N) is 1. The lowest BCUT2D eigenvalue weighted by Gasteiger charge is -2.32. The first-order valence-corrected chi connectivity index (χ1v) is 7.96. The molecule has 2 aliphatic rings. The largest absolute Gasteiger partial charge is 0.491 e. The lowest BCUT2D eigenvalue weighted by molar-refractivity contribution is -0.142. The van der Waals surface area contributed by atoms with E-state index >= 15 is 0 Å². The van der Waals surface area contributed by atoms with Crippen molar-refractivity contribution in [1.82, 2.24) is 4.90 Å². The highest BCUT2D eigenvalue weighted by atomic mass is 16.5. The van der Waals surface area contributed by atoms with E-state index in [2.05, 4.69) is 0 Å².